The van der Waals surface area contributed by atoms with Gasteiger partial charge in [0.15, 0.2) is 0 Å². The largest absolute Gasteiger partial charge is 0.481 e. The van der Waals surface area contributed by atoms with Crippen LogP contribution in [-0.4, -0.2) is 29.6 Å². The smallest absolute Gasteiger partial charge is 0.308 e. The second kappa shape index (κ2) is 7.91. The quantitative estimate of drug-likeness (QED) is 0.630. The lowest BCUT2D eigenvalue weighted by atomic mass is 10.3. The van der Waals surface area contributed by atoms with E-state index in [-0.39, 0.29) is 18.4 Å². The van der Waals surface area contributed by atoms with Crippen LogP contribution >= 0.6 is 11.3 Å². The maximum atomic E-state index is 11.4. The van der Waals surface area contributed by atoms with Crippen LogP contribution in [0.3, 0.4) is 0 Å². The number of thiophene rings is 1. The molecule has 1 aromatic heterocycles. The van der Waals surface area contributed by atoms with Crippen molar-refractivity contribution in [3.63, 3.8) is 0 Å². The molecule has 0 aliphatic rings. The molecule has 3 N–H and O–H groups in total. The van der Waals surface area contributed by atoms with Crippen LogP contribution < -0.4 is 10.6 Å². The highest BCUT2D eigenvalue weighted by molar-refractivity contribution is 7.12. The van der Waals surface area contributed by atoms with E-state index in [1.807, 2.05) is 26.0 Å². The Morgan fingerprint density at radius 3 is 2.63 bits per heavy atom. The molecule has 1 rings (SSSR count). The summed E-state index contributed by atoms with van der Waals surface area (Å²) in [7, 11) is 0. The zero-order chi connectivity index (χ0) is 14.3. The van der Waals surface area contributed by atoms with Crippen molar-refractivity contribution in [1.82, 2.24) is 10.6 Å². The molecule has 1 aromatic rings. The fourth-order valence-corrected chi connectivity index (χ4v) is 2.55. The van der Waals surface area contributed by atoms with Gasteiger partial charge in [0.2, 0.25) is 5.91 Å². The van der Waals surface area contributed by atoms with Gasteiger partial charge in [0.25, 0.3) is 0 Å². The van der Waals surface area contributed by atoms with Crippen molar-refractivity contribution in [2.75, 3.05) is 6.54 Å². The lowest BCUT2D eigenvalue weighted by Crippen LogP contribution is -2.32. The van der Waals surface area contributed by atoms with Crippen LogP contribution in [0.1, 0.15) is 30.0 Å². The first kappa shape index (κ1) is 15.7. The third-order valence-electron chi connectivity index (χ3n) is 2.32. The van der Waals surface area contributed by atoms with Gasteiger partial charge in [-0.15, -0.1) is 11.3 Å². The predicted molar refractivity (Wildman–Crippen MR) is 75.3 cm³/mol. The summed E-state index contributed by atoms with van der Waals surface area (Å²) in [5.41, 5.74) is 0. The summed E-state index contributed by atoms with van der Waals surface area (Å²) >= 11 is 1.49. The van der Waals surface area contributed by atoms with Crippen LogP contribution in [0, 0.1) is 0 Å². The van der Waals surface area contributed by atoms with Gasteiger partial charge in [0, 0.05) is 35.3 Å². The number of carboxylic acid groups (broad SMARTS) is 1. The molecule has 0 unspecified atom stereocenters. The van der Waals surface area contributed by atoms with Gasteiger partial charge >= 0.3 is 5.97 Å². The number of amides is 1. The van der Waals surface area contributed by atoms with Crippen molar-refractivity contribution < 1.29 is 14.7 Å². The molecule has 0 aromatic carbocycles. The van der Waals surface area contributed by atoms with Crippen LogP contribution in [-0.2, 0) is 22.6 Å². The molecule has 19 heavy (non-hydrogen) atoms. The fourth-order valence-electron chi connectivity index (χ4n) is 1.57. The maximum Gasteiger partial charge on any atom is 0.308 e. The van der Waals surface area contributed by atoms with E-state index in [9.17, 15) is 9.59 Å². The summed E-state index contributed by atoms with van der Waals surface area (Å²) < 4.78 is 0. The number of carbonyl (C=O) groups is 2. The van der Waals surface area contributed by atoms with E-state index in [0.29, 0.717) is 19.5 Å². The van der Waals surface area contributed by atoms with Crippen molar-refractivity contribution in [2.24, 2.45) is 0 Å². The van der Waals surface area contributed by atoms with Crippen molar-refractivity contribution in [2.45, 2.75) is 39.3 Å². The molecule has 1 amide bonds. The Labute approximate surface area is 117 Å². The fraction of sp³-hybridized carbons (Fsp3) is 0.538. The summed E-state index contributed by atoms with van der Waals surface area (Å²) in [6.45, 7) is 5.14. The summed E-state index contributed by atoms with van der Waals surface area (Å²) in [5.74, 6) is -0.771. The highest BCUT2D eigenvalue weighted by atomic mass is 32.1. The van der Waals surface area contributed by atoms with Crippen LogP contribution in [0.2, 0.25) is 0 Å². The molecule has 0 saturated carbocycles. The Hall–Kier alpha value is -1.40. The van der Waals surface area contributed by atoms with Gasteiger partial charge in [0.1, 0.15) is 0 Å². The van der Waals surface area contributed by atoms with Crippen molar-refractivity contribution >= 4 is 23.2 Å². The monoisotopic (exact) mass is 284 g/mol. The molecule has 0 fully saturated rings. The number of hydrogen-bond donors (Lipinski definition) is 3. The van der Waals surface area contributed by atoms with Gasteiger partial charge in [-0.05, 0) is 26.0 Å². The average molecular weight is 284 g/mol. The summed E-state index contributed by atoms with van der Waals surface area (Å²) in [6, 6.07) is 3.93. The van der Waals surface area contributed by atoms with E-state index in [4.69, 9.17) is 5.11 Å². The van der Waals surface area contributed by atoms with Crippen molar-refractivity contribution in [1.29, 1.82) is 0 Å². The standard InChI is InChI=1S/C13H20N2O3S/c1-9(2)15-12(16)5-6-14-8-11-4-3-10(19-11)7-13(17)18/h3-4,9,14H,5-8H2,1-2H3,(H,15,16)(H,17,18). The van der Waals surface area contributed by atoms with E-state index in [2.05, 4.69) is 10.6 Å². The number of rotatable bonds is 8. The van der Waals surface area contributed by atoms with Crippen molar-refractivity contribution in [3.8, 4) is 0 Å². The van der Waals surface area contributed by atoms with Crippen molar-refractivity contribution in [3.05, 3.63) is 21.9 Å². The van der Waals surface area contributed by atoms with Crippen LogP contribution in [0.15, 0.2) is 12.1 Å². The number of aliphatic carboxylic acids is 1. The van der Waals surface area contributed by atoms with E-state index < -0.39 is 5.97 Å². The maximum absolute atomic E-state index is 11.4. The lowest BCUT2D eigenvalue weighted by Gasteiger charge is -2.08. The topological polar surface area (TPSA) is 78.4 Å². The third kappa shape index (κ3) is 6.93. The second-order valence-corrected chi connectivity index (χ2v) is 5.84. The van der Waals surface area contributed by atoms with Gasteiger partial charge in [-0.2, -0.15) is 0 Å². The van der Waals surface area contributed by atoms with Crippen LogP contribution in [0.5, 0.6) is 0 Å². The highest BCUT2D eigenvalue weighted by Gasteiger charge is 2.05. The van der Waals surface area contributed by atoms with Gasteiger partial charge in [-0.3, -0.25) is 9.59 Å². The summed E-state index contributed by atoms with van der Waals surface area (Å²) in [5, 5.41) is 14.7. The molecular formula is C13H20N2O3S. The molecule has 0 aliphatic heterocycles. The molecule has 0 saturated heterocycles. The minimum atomic E-state index is -0.813. The normalized spacial score (nSPS) is 10.7. The molecule has 0 atom stereocenters. The summed E-state index contributed by atoms with van der Waals surface area (Å²) in [4.78, 5) is 23.9. The van der Waals surface area contributed by atoms with Crippen LogP contribution in [0.4, 0.5) is 0 Å². The third-order valence-corrected chi connectivity index (χ3v) is 3.41. The van der Waals surface area contributed by atoms with E-state index in [1.54, 1.807) is 0 Å². The zero-order valence-electron chi connectivity index (χ0n) is 11.2. The molecule has 0 radical (unpaired) electrons. The molecule has 0 spiro atoms. The van der Waals surface area contributed by atoms with Gasteiger partial charge in [-0.1, -0.05) is 0 Å². The molecule has 5 nitrogen and oxygen atoms in total. The Morgan fingerprint density at radius 2 is 2.00 bits per heavy atom. The molecule has 1 heterocycles. The Bertz CT molecular complexity index is 429. The SMILES string of the molecule is CC(C)NC(=O)CCNCc1ccc(CC(=O)O)s1. The number of carbonyl (C=O) groups excluding carboxylic acids is 1. The first-order chi connectivity index (χ1) is 8.97. The summed E-state index contributed by atoms with van der Waals surface area (Å²) in [6.07, 6.45) is 0.521. The van der Waals surface area contributed by atoms with Crippen LogP contribution in [0.25, 0.3) is 0 Å². The molecule has 6 heteroatoms. The molecule has 106 valence electrons. The van der Waals surface area contributed by atoms with Gasteiger partial charge in [0.05, 0.1) is 6.42 Å². The van der Waals surface area contributed by atoms with Gasteiger partial charge < -0.3 is 15.7 Å². The Balaban J connectivity index is 2.20. The molecular weight excluding hydrogens is 264 g/mol. The Kier molecular flexibility index (Phi) is 6.52. The van der Waals surface area contributed by atoms with E-state index in [0.717, 1.165) is 9.75 Å². The predicted octanol–water partition coefficient (Wildman–Crippen LogP) is 1.38. The van der Waals surface area contributed by atoms with Gasteiger partial charge in [-0.25, -0.2) is 0 Å². The number of nitrogens with one attached hydrogen (secondary N) is 2. The first-order valence-corrected chi connectivity index (χ1v) is 7.08. The molecule has 0 aliphatic carbocycles. The minimum Gasteiger partial charge on any atom is -0.481 e. The molecule has 0 bridgehead atoms. The average Bonchev–Trinajstić information content (AvgIpc) is 2.70. The lowest BCUT2D eigenvalue weighted by molar-refractivity contribution is -0.136. The second-order valence-electron chi connectivity index (χ2n) is 4.59. The number of hydrogen-bond acceptors (Lipinski definition) is 4. The first-order valence-electron chi connectivity index (χ1n) is 6.27. The number of carboxylic acids is 1. The van der Waals surface area contributed by atoms with E-state index in [1.165, 1.54) is 11.3 Å². The Morgan fingerprint density at radius 1 is 1.32 bits per heavy atom. The highest BCUT2D eigenvalue weighted by Crippen LogP contribution is 2.16. The minimum absolute atomic E-state index is 0.0419. The van der Waals surface area contributed by atoms with E-state index >= 15 is 0 Å². The zero-order valence-corrected chi connectivity index (χ0v) is 12.0.